The zero-order valence-electron chi connectivity index (χ0n) is 23.3. The molecule has 0 saturated heterocycles. The maximum atomic E-state index is 11.9. The average molecular weight is 499 g/mol. The van der Waals surface area contributed by atoms with Crippen LogP contribution in [0.2, 0.25) is 0 Å². The summed E-state index contributed by atoms with van der Waals surface area (Å²) in [6.45, 7) is 5.15. The fourth-order valence-electron chi connectivity index (χ4n) is 4.29. The molecule has 0 aliphatic rings. The lowest BCUT2D eigenvalue weighted by molar-refractivity contribution is -0.160. The van der Waals surface area contributed by atoms with Gasteiger partial charge in [0.15, 0.2) is 6.10 Å². The third kappa shape index (κ3) is 25.8. The second kappa shape index (κ2) is 27.5. The van der Waals surface area contributed by atoms with Crippen LogP contribution in [-0.2, 0) is 19.1 Å². The van der Waals surface area contributed by atoms with Crippen molar-refractivity contribution < 1.29 is 24.2 Å². The number of hydrogen-bond acceptors (Lipinski definition) is 5. The Morgan fingerprint density at radius 1 is 0.514 bits per heavy atom. The largest absolute Gasteiger partial charge is 0.466 e. The molecule has 35 heavy (non-hydrogen) atoms. The van der Waals surface area contributed by atoms with Gasteiger partial charge in [-0.2, -0.15) is 0 Å². The molecule has 5 nitrogen and oxygen atoms in total. The Labute approximate surface area is 217 Å². The van der Waals surface area contributed by atoms with Crippen LogP contribution in [0.4, 0.5) is 0 Å². The molecule has 208 valence electrons. The first-order chi connectivity index (χ1) is 17.1. The average Bonchev–Trinajstić information content (AvgIpc) is 2.85. The third-order valence-electron chi connectivity index (χ3n) is 6.64. The zero-order valence-corrected chi connectivity index (χ0v) is 23.3. The number of rotatable bonds is 27. The van der Waals surface area contributed by atoms with Crippen molar-refractivity contribution >= 4 is 11.9 Å². The van der Waals surface area contributed by atoms with Crippen molar-refractivity contribution in [2.24, 2.45) is 0 Å². The van der Waals surface area contributed by atoms with Crippen LogP contribution in [-0.4, -0.2) is 36.4 Å². The number of carbonyl (C=O) groups is 2. The molecule has 1 N–H and O–H groups in total. The quantitative estimate of drug-likeness (QED) is 0.0908. The summed E-state index contributed by atoms with van der Waals surface area (Å²) >= 11 is 0. The molecule has 0 radical (unpaired) electrons. The van der Waals surface area contributed by atoms with E-state index < -0.39 is 18.0 Å². The maximum Gasteiger partial charge on any atom is 0.335 e. The Morgan fingerprint density at radius 3 is 1.20 bits per heavy atom. The molecule has 0 fully saturated rings. The van der Waals surface area contributed by atoms with E-state index in [0.717, 1.165) is 32.1 Å². The van der Waals surface area contributed by atoms with Crippen LogP contribution in [0.15, 0.2) is 0 Å². The lowest BCUT2D eigenvalue weighted by Crippen LogP contribution is -2.27. The summed E-state index contributed by atoms with van der Waals surface area (Å²) in [5, 5.41) is 9.88. The molecule has 0 saturated carbocycles. The lowest BCUT2D eigenvalue weighted by Gasteiger charge is -2.11. The van der Waals surface area contributed by atoms with Gasteiger partial charge in [-0.25, -0.2) is 4.79 Å². The van der Waals surface area contributed by atoms with Crippen molar-refractivity contribution in [2.75, 3.05) is 13.2 Å². The predicted molar refractivity (Wildman–Crippen MR) is 145 cm³/mol. The van der Waals surface area contributed by atoms with E-state index in [9.17, 15) is 14.7 Å². The highest BCUT2D eigenvalue weighted by atomic mass is 16.6. The highest BCUT2D eigenvalue weighted by Gasteiger charge is 2.21. The third-order valence-corrected chi connectivity index (χ3v) is 6.64. The van der Waals surface area contributed by atoms with E-state index >= 15 is 0 Å². The minimum Gasteiger partial charge on any atom is -0.466 e. The van der Waals surface area contributed by atoms with Crippen LogP contribution in [0.3, 0.4) is 0 Å². The first-order valence-corrected chi connectivity index (χ1v) is 15.1. The van der Waals surface area contributed by atoms with Gasteiger partial charge in [0, 0.05) is 0 Å². The summed E-state index contributed by atoms with van der Waals surface area (Å²) in [5.41, 5.74) is 0. The van der Waals surface area contributed by atoms with Crippen LogP contribution in [0.1, 0.15) is 162 Å². The molecule has 0 aliphatic carbocycles. The van der Waals surface area contributed by atoms with Gasteiger partial charge in [0.2, 0.25) is 0 Å². The smallest absolute Gasteiger partial charge is 0.335 e. The summed E-state index contributed by atoms with van der Waals surface area (Å²) in [6.07, 6.45) is 25.4. The van der Waals surface area contributed by atoms with Crippen LogP contribution in [0.5, 0.6) is 0 Å². The number of aliphatic hydroxyl groups is 1. The summed E-state index contributed by atoms with van der Waals surface area (Å²) in [5.74, 6) is -1.25. The van der Waals surface area contributed by atoms with E-state index in [1.807, 2.05) is 0 Å². The molecular weight excluding hydrogens is 440 g/mol. The van der Waals surface area contributed by atoms with E-state index in [4.69, 9.17) is 9.47 Å². The SMILES string of the molecule is CCCCCCCCCCCCCOC(=O)CC(O)C(=O)OCCCCCCCCCCCCC. The van der Waals surface area contributed by atoms with Crippen LogP contribution >= 0.6 is 0 Å². The molecule has 0 rings (SSSR count). The molecule has 0 heterocycles. The Hall–Kier alpha value is -1.10. The normalized spacial score (nSPS) is 12.0. The molecule has 0 aromatic carbocycles. The Balaban J connectivity index is 3.44. The van der Waals surface area contributed by atoms with Gasteiger partial charge in [-0.05, 0) is 12.8 Å². The van der Waals surface area contributed by atoms with Crippen molar-refractivity contribution in [3.63, 3.8) is 0 Å². The number of ether oxygens (including phenoxy) is 2. The summed E-state index contributed by atoms with van der Waals surface area (Å²) in [4.78, 5) is 23.7. The molecule has 0 aliphatic heterocycles. The van der Waals surface area contributed by atoms with Crippen molar-refractivity contribution in [2.45, 2.75) is 168 Å². The molecule has 0 bridgehead atoms. The van der Waals surface area contributed by atoms with Gasteiger partial charge >= 0.3 is 11.9 Å². The van der Waals surface area contributed by atoms with E-state index in [0.29, 0.717) is 13.2 Å². The van der Waals surface area contributed by atoms with E-state index in [2.05, 4.69) is 13.8 Å². The van der Waals surface area contributed by atoms with Crippen molar-refractivity contribution in [1.29, 1.82) is 0 Å². The summed E-state index contributed by atoms with van der Waals surface area (Å²) in [6, 6.07) is 0. The van der Waals surface area contributed by atoms with E-state index in [-0.39, 0.29) is 6.42 Å². The van der Waals surface area contributed by atoms with Crippen molar-refractivity contribution in [3.05, 3.63) is 0 Å². The highest BCUT2D eigenvalue weighted by Crippen LogP contribution is 2.12. The number of carbonyl (C=O) groups excluding carboxylic acids is 2. The topological polar surface area (TPSA) is 72.8 Å². The van der Waals surface area contributed by atoms with E-state index in [1.54, 1.807) is 0 Å². The molecular formula is C30H58O5. The zero-order chi connectivity index (χ0) is 25.8. The summed E-state index contributed by atoms with van der Waals surface area (Å²) < 4.78 is 10.3. The number of hydrogen-bond donors (Lipinski definition) is 1. The fourth-order valence-corrected chi connectivity index (χ4v) is 4.29. The van der Waals surface area contributed by atoms with Gasteiger partial charge in [-0.3, -0.25) is 4.79 Å². The van der Waals surface area contributed by atoms with Gasteiger partial charge < -0.3 is 14.6 Å². The fraction of sp³-hybridized carbons (Fsp3) is 0.933. The van der Waals surface area contributed by atoms with Crippen LogP contribution in [0, 0.1) is 0 Å². The van der Waals surface area contributed by atoms with Crippen molar-refractivity contribution in [1.82, 2.24) is 0 Å². The highest BCUT2D eigenvalue weighted by molar-refractivity contribution is 5.81. The Kier molecular flexibility index (Phi) is 26.6. The molecule has 0 aromatic rings. The first kappa shape index (κ1) is 33.9. The number of aliphatic hydroxyl groups excluding tert-OH is 1. The van der Waals surface area contributed by atoms with Gasteiger partial charge in [0.25, 0.3) is 0 Å². The van der Waals surface area contributed by atoms with Crippen molar-refractivity contribution in [3.8, 4) is 0 Å². The number of esters is 2. The van der Waals surface area contributed by atoms with E-state index in [1.165, 1.54) is 109 Å². The molecule has 0 aromatic heterocycles. The second-order valence-electron chi connectivity index (χ2n) is 10.2. The van der Waals surface area contributed by atoms with Gasteiger partial charge in [-0.15, -0.1) is 0 Å². The van der Waals surface area contributed by atoms with Gasteiger partial charge in [-0.1, -0.05) is 142 Å². The van der Waals surface area contributed by atoms with Crippen LogP contribution < -0.4 is 0 Å². The van der Waals surface area contributed by atoms with Crippen LogP contribution in [0.25, 0.3) is 0 Å². The Morgan fingerprint density at radius 2 is 0.829 bits per heavy atom. The first-order valence-electron chi connectivity index (χ1n) is 15.1. The minimum absolute atomic E-state index is 0.306. The standard InChI is InChI=1S/C30H58O5/c1-3-5-7-9-11-13-15-17-19-21-23-25-34-29(32)27-28(31)30(33)35-26-24-22-20-18-16-14-12-10-8-6-4-2/h28,31H,3-27H2,1-2H3. The maximum absolute atomic E-state index is 11.9. The molecule has 1 unspecified atom stereocenters. The second-order valence-corrected chi connectivity index (χ2v) is 10.2. The molecule has 5 heteroatoms. The molecule has 1 atom stereocenters. The lowest BCUT2D eigenvalue weighted by atomic mass is 10.1. The number of unbranched alkanes of at least 4 members (excludes halogenated alkanes) is 20. The molecule has 0 amide bonds. The molecule has 0 spiro atoms. The van der Waals surface area contributed by atoms with Gasteiger partial charge in [0.1, 0.15) is 0 Å². The van der Waals surface area contributed by atoms with Gasteiger partial charge in [0.05, 0.1) is 19.6 Å². The monoisotopic (exact) mass is 498 g/mol. The predicted octanol–water partition coefficient (Wildman–Crippen LogP) is 8.45. The minimum atomic E-state index is -1.42. The Bertz CT molecular complexity index is 466. The summed E-state index contributed by atoms with van der Waals surface area (Å²) in [7, 11) is 0.